The fourth-order valence-corrected chi connectivity index (χ4v) is 2.70. The predicted molar refractivity (Wildman–Crippen MR) is 90.8 cm³/mol. The summed E-state index contributed by atoms with van der Waals surface area (Å²) in [6.45, 7) is 7.89. The van der Waals surface area contributed by atoms with E-state index in [1.807, 2.05) is 6.92 Å². The van der Waals surface area contributed by atoms with Crippen LogP contribution in [0.15, 0.2) is 0 Å². The molecule has 3 unspecified atom stereocenters. The third-order valence-electron chi connectivity index (χ3n) is 4.55. The molecule has 26 heavy (non-hydrogen) atoms. The Labute approximate surface area is 154 Å². The summed E-state index contributed by atoms with van der Waals surface area (Å²) in [5.74, 6) is -2.26. The second-order valence-electron chi connectivity index (χ2n) is 7.53. The van der Waals surface area contributed by atoms with Gasteiger partial charge in [0.15, 0.2) is 6.79 Å². The second kappa shape index (κ2) is 8.32. The highest BCUT2D eigenvalue weighted by atomic mass is 16.8. The first kappa shape index (κ1) is 22.3. The highest BCUT2D eigenvalue weighted by Gasteiger charge is 2.56. The zero-order valence-corrected chi connectivity index (χ0v) is 16.6. The van der Waals surface area contributed by atoms with E-state index >= 15 is 0 Å². The second-order valence-corrected chi connectivity index (χ2v) is 7.53. The van der Waals surface area contributed by atoms with Gasteiger partial charge in [0.2, 0.25) is 0 Å². The van der Waals surface area contributed by atoms with E-state index in [9.17, 15) is 19.6 Å². The Bertz CT molecular complexity index is 538. The Morgan fingerprint density at radius 1 is 1.31 bits per heavy atom. The van der Waals surface area contributed by atoms with Crippen LogP contribution in [0.1, 0.15) is 41.0 Å². The van der Waals surface area contributed by atoms with Gasteiger partial charge < -0.3 is 19.1 Å². The lowest BCUT2D eigenvalue weighted by Crippen LogP contribution is -2.65. The number of rotatable bonds is 6. The van der Waals surface area contributed by atoms with Crippen molar-refractivity contribution >= 4 is 17.8 Å². The topological polar surface area (TPSA) is 106 Å². The minimum Gasteiger partial charge on any atom is -0.467 e. The van der Waals surface area contributed by atoms with Crippen molar-refractivity contribution < 1.29 is 33.8 Å². The van der Waals surface area contributed by atoms with E-state index in [0.29, 0.717) is 6.42 Å². The average Bonchev–Trinajstić information content (AvgIpc) is 3.09. The van der Waals surface area contributed by atoms with Gasteiger partial charge >= 0.3 is 5.97 Å². The van der Waals surface area contributed by atoms with Crippen molar-refractivity contribution in [1.29, 1.82) is 0 Å². The van der Waals surface area contributed by atoms with Crippen LogP contribution in [0.4, 0.5) is 0 Å². The summed E-state index contributed by atoms with van der Waals surface area (Å²) in [5, 5.41) is 10.8. The van der Waals surface area contributed by atoms with E-state index in [-0.39, 0.29) is 24.4 Å². The van der Waals surface area contributed by atoms with Crippen LogP contribution in [0, 0.1) is 11.3 Å². The van der Waals surface area contributed by atoms with Gasteiger partial charge in [0.25, 0.3) is 17.5 Å². The highest BCUT2D eigenvalue weighted by molar-refractivity contribution is 5.93. The van der Waals surface area contributed by atoms with Gasteiger partial charge in [0.05, 0.1) is 7.11 Å². The number of nitrogens with zero attached hydrogens (tertiary/aromatic N) is 2. The van der Waals surface area contributed by atoms with Gasteiger partial charge in [-0.25, -0.2) is 4.79 Å². The number of hydroxylamine groups is 2. The van der Waals surface area contributed by atoms with E-state index < -0.39 is 35.0 Å². The van der Waals surface area contributed by atoms with Crippen molar-refractivity contribution in [3.8, 4) is 0 Å². The molecule has 0 aromatic rings. The van der Waals surface area contributed by atoms with Crippen molar-refractivity contribution in [2.24, 2.45) is 11.3 Å². The van der Waals surface area contributed by atoms with Crippen LogP contribution in [-0.2, 0) is 28.6 Å². The van der Waals surface area contributed by atoms with Crippen molar-refractivity contribution in [3.63, 3.8) is 0 Å². The number of esters is 1. The van der Waals surface area contributed by atoms with Gasteiger partial charge in [-0.05, 0) is 5.92 Å². The molecule has 0 saturated carbocycles. The average molecular weight is 374 g/mol. The Morgan fingerprint density at radius 2 is 1.88 bits per heavy atom. The number of carbonyl (C=O) groups is 3. The van der Waals surface area contributed by atoms with Gasteiger partial charge in [0.1, 0.15) is 12.6 Å². The smallest absolute Gasteiger partial charge is 0.328 e. The number of hydrogen-bond acceptors (Lipinski definition) is 7. The zero-order valence-electron chi connectivity index (χ0n) is 16.6. The number of likely N-dealkylation sites (N-methyl/N-ethyl adjacent to an activating group) is 1. The molecule has 1 aliphatic rings. The summed E-state index contributed by atoms with van der Waals surface area (Å²) in [7, 11) is 2.65. The van der Waals surface area contributed by atoms with Gasteiger partial charge in [-0.15, -0.1) is 0 Å². The standard InChI is InChI=1S/C17H30N2O7/c1-8-11(2)12(13(20)24-7)18(6)15(22)17(9-25-10-26-17)19(23)14(21)16(3,4)5/h11-12,23H,8-10H2,1-7H3. The molecule has 0 aromatic carbocycles. The van der Waals surface area contributed by atoms with E-state index in [1.165, 1.54) is 14.2 Å². The number of carbonyl (C=O) groups excluding carboxylic acids is 3. The SMILES string of the molecule is CCC(C)C(C(=O)OC)N(C)C(=O)C1(N(O)C(=O)C(C)(C)C)COCO1. The molecule has 150 valence electrons. The molecule has 9 nitrogen and oxygen atoms in total. The molecule has 9 heteroatoms. The zero-order chi connectivity index (χ0) is 20.3. The van der Waals surface area contributed by atoms with Crippen molar-refractivity contribution in [3.05, 3.63) is 0 Å². The molecule has 0 aromatic heterocycles. The highest BCUT2D eigenvalue weighted by Crippen LogP contribution is 2.30. The summed E-state index contributed by atoms with van der Waals surface area (Å²) in [6.07, 6.45) is 0.617. The largest absolute Gasteiger partial charge is 0.467 e. The normalized spacial score (nSPS) is 22.5. The lowest BCUT2D eigenvalue weighted by atomic mass is 9.93. The van der Waals surface area contributed by atoms with Crippen LogP contribution in [0.3, 0.4) is 0 Å². The maximum Gasteiger partial charge on any atom is 0.328 e. The maximum atomic E-state index is 13.2. The fraction of sp³-hybridized carbons (Fsp3) is 0.824. The first-order valence-electron chi connectivity index (χ1n) is 8.54. The van der Waals surface area contributed by atoms with E-state index in [0.717, 1.165) is 4.90 Å². The quantitative estimate of drug-likeness (QED) is 0.420. The van der Waals surface area contributed by atoms with Crippen LogP contribution in [0.2, 0.25) is 0 Å². The molecule has 1 fully saturated rings. The maximum absolute atomic E-state index is 13.2. The molecule has 1 aliphatic heterocycles. The first-order valence-corrected chi connectivity index (χ1v) is 8.54. The van der Waals surface area contributed by atoms with E-state index in [2.05, 4.69) is 0 Å². The van der Waals surface area contributed by atoms with Crippen LogP contribution in [-0.4, -0.2) is 72.3 Å². The summed E-state index contributed by atoms with van der Waals surface area (Å²) in [6, 6.07) is -0.892. The van der Waals surface area contributed by atoms with E-state index in [1.54, 1.807) is 27.7 Å². The van der Waals surface area contributed by atoms with Crippen LogP contribution in [0.25, 0.3) is 0 Å². The summed E-state index contributed by atoms with van der Waals surface area (Å²) in [4.78, 5) is 39.0. The van der Waals surface area contributed by atoms with Gasteiger partial charge in [-0.2, -0.15) is 5.06 Å². The Morgan fingerprint density at radius 3 is 2.27 bits per heavy atom. The number of methoxy groups -OCH3 is 1. The Balaban J connectivity index is 3.25. The molecule has 1 saturated heterocycles. The Hall–Kier alpha value is -1.71. The Kier molecular flexibility index (Phi) is 7.15. The number of ether oxygens (including phenoxy) is 3. The summed E-state index contributed by atoms with van der Waals surface area (Å²) >= 11 is 0. The van der Waals surface area contributed by atoms with Gasteiger partial charge in [-0.3, -0.25) is 14.8 Å². The first-order chi connectivity index (χ1) is 11.9. The molecule has 3 atom stereocenters. The summed E-state index contributed by atoms with van der Waals surface area (Å²) in [5.41, 5.74) is -3.00. The van der Waals surface area contributed by atoms with Crippen molar-refractivity contribution in [2.45, 2.75) is 52.8 Å². The molecule has 0 radical (unpaired) electrons. The number of hydrogen-bond donors (Lipinski definition) is 1. The minimum atomic E-state index is -2.04. The minimum absolute atomic E-state index is 0.207. The van der Waals surface area contributed by atoms with Crippen molar-refractivity contribution in [2.75, 3.05) is 27.6 Å². The number of amides is 2. The van der Waals surface area contributed by atoms with Gasteiger partial charge in [0, 0.05) is 12.5 Å². The van der Waals surface area contributed by atoms with E-state index in [4.69, 9.17) is 14.2 Å². The lowest BCUT2D eigenvalue weighted by molar-refractivity contribution is -0.254. The predicted octanol–water partition coefficient (Wildman–Crippen LogP) is 0.997. The lowest BCUT2D eigenvalue weighted by Gasteiger charge is -2.40. The molecular weight excluding hydrogens is 344 g/mol. The van der Waals surface area contributed by atoms with Gasteiger partial charge in [-0.1, -0.05) is 41.0 Å². The third kappa shape index (κ3) is 4.16. The molecule has 2 amide bonds. The molecule has 1 N–H and O–H groups in total. The molecule has 1 rings (SSSR count). The monoisotopic (exact) mass is 374 g/mol. The van der Waals surface area contributed by atoms with Crippen LogP contribution in [0.5, 0.6) is 0 Å². The summed E-state index contributed by atoms with van der Waals surface area (Å²) < 4.78 is 15.3. The molecule has 0 aliphatic carbocycles. The molecule has 0 spiro atoms. The van der Waals surface area contributed by atoms with Crippen LogP contribution >= 0.6 is 0 Å². The fourth-order valence-electron chi connectivity index (χ4n) is 2.70. The molecular formula is C17H30N2O7. The van der Waals surface area contributed by atoms with Crippen LogP contribution < -0.4 is 0 Å². The van der Waals surface area contributed by atoms with Crippen molar-refractivity contribution in [1.82, 2.24) is 9.96 Å². The molecule has 1 heterocycles. The molecule has 0 bridgehead atoms. The third-order valence-corrected chi connectivity index (χ3v) is 4.55.